The summed E-state index contributed by atoms with van der Waals surface area (Å²) in [6.07, 6.45) is 1.67. The molecule has 0 saturated carbocycles. The Hall–Kier alpha value is -0.650. The van der Waals surface area contributed by atoms with Crippen molar-refractivity contribution in [1.29, 1.82) is 0 Å². The van der Waals surface area contributed by atoms with E-state index in [2.05, 4.69) is 5.32 Å². The van der Waals surface area contributed by atoms with Gasteiger partial charge in [-0.05, 0) is 26.3 Å². The summed E-state index contributed by atoms with van der Waals surface area (Å²) in [7, 11) is 0. The average Bonchev–Trinajstić information content (AvgIpc) is 2.84. The predicted octanol–water partition coefficient (Wildman–Crippen LogP) is 0.592. The molecule has 5 heteroatoms. The van der Waals surface area contributed by atoms with E-state index in [9.17, 15) is 4.79 Å². The summed E-state index contributed by atoms with van der Waals surface area (Å²) < 4.78 is 11.6. The van der Waals surface area contributed by atoms with Crippen molar-refractivity contribution in [1.82, 2.24) is 5.32 Å². The molecule has 2 aliphatic heterocycles. The highest BCUT2D eigenvalue weighted by molar-refractivity contribution is 5.66. The molecule has 92 valence electrons. The smallest absolute Gasteiger partial charge is 0.303 e. The van der Waals surface area contributed by atoms with Crippen LogP contribution in [0.3, 0.4) is 0 Å². The standard InChI is InChI=1S/C11H19NO4/c1-11(8-4-5-12-6-8)15-7-9(16-11)2-3-10(13)14/h8-9,12H,2-7H2,1H3,(H,13,14). The van der Waals surface area contributed by atoms with E-state index in [1.807, 2.05) is 6.92 Å². The lowest BCUT2D eigenvalue weighted by atomic mass is 9.99. The second-order valence-corrected chi connectivity index (χ2v) is 4.69. The Labute approximate surface area is 95.1 Å². The predicted molar refractivity (Wildman–Crippen MR) is 57.1 cm³/mol. The van der Waals surface area contributed by atoms with Crippen LogP contribution in [-0.4, -0.2) is 42.7 Å². The number of nitrogens with one attached hydrogen (secondary N) is 1. The Morgan fingerprint density at radius 2 is 2.44 bits per heavy atom. The maximum absolute atomic E-state index is 10.5. The van der Waals surface area contributed by atoms with Crippen LogP contribution in [-0.2, 0) is 14.3 Å². The normalized spacial score (nSPS) is 39.1. The second-order valence-electron chi connectivity index (χ2n) is 4.69. The van der Waals surface area contributed by atoms with Crippen molar-refractivity contribution in [2.45, 2.75) is 38.1 Å². The van der Waals surface area contributed by atoms with E-state index in [1.54, 1.807) is 0 Å². The summed E-state index contributed by atoms with van der Waals surface area (Å²) in [6, 6.07) is 0. The van der Waals surface area contributed by atoms with E-state index in [0.29, 0.717) is 18.9 Å². The van der Waals surface area contributed by atoms with Gasteiger partial charge in [0.1, 0.15) is 0 Å². The van der Waals surface area contributed by atoms with Crippen LogP contribution in [0, 0.1) is 5.92 Å². The quantitative estimate of drug-likeness (QED) is 0.738. The molecule has 0 aromatic carbocycles. The Morgan fingerprint density at radius 3 is 3.06 bits per heavy atom. The SMILES string of the molecule is CC1(C2CCNC2)OCC(CCC(=O)O)O1. The van der Waals surface area contributed by atoms with Gasteiger partial charge in [0, 0.05) is 18.9 Å². The van der Waals surface area contributed by atoms with Gasteiger partial charge in [0.15, 0.2) is 5.79 Å². The van der Waals surface area contributed by atoms with Crippen LogP contribution >= 0.6 is 0 Å². The highest BCUT2D eigenvalue weighted by Gasteiger charge is 2.44. The minimum absolute atomic E-state index is 0.0679. The first-order chi connectivity index (χ1) is 7.60. The molecule has 5 nitrogen and oxygen atoms in total. The number of hydrogen-bond acceptors (Lipinski definition) is 4. The molecular weight excluding hydrogens is 210 g/mol. The molecule has 2 N–H and O–H groups in total. The summed E-state index contributed by atoms with van der Waals surface area (Å²) in [5.41, 5.74) is 0. The summed E-state index contributed by atoms with van der Waals surface area (Å²) in [4.78, 5) is 10.5. The van der Waals surface area contributed by atoms with Crippen LogP contribution in [0.1, 0.15) is 26.2 Å². The summed E-state index contributed by atoms with van der Waals surface area (Å²) >= 11 is 0. The van der Waals surface area contributed by atoms with E-state index in [0.717, 1.165) is 19.5 Å². The lowest BCUT2D eigenvalue weighted by Crippen LogP contribution is -2.37. The van der Waals surface area contributed by atoms with Gasteiger partial charge in [-0.2, -0.15) is 0 Å². The Morgan fingerprint density at radius 1 is 1.62 bits per heavy atom. The molecular formula is C11H19NO4. The minimum Gasteiger partial charge on any atom is -0.481 e. The summed E-state index contributed by atoms with van der Waals surface area (Å²) in [5, 5.41) is 11.9. The third-order valence-corrected chi connectivity index (χ3v) is 3.44. The van der Waals surface area contributed by atoms with Gasteiger partial charge >= 0.3 is 5.97 Å². The topological polar surface area (TPSA) is 67.8 Å². The minimum atomic E-state index is -0.778. The molecule has 0 radical (unpaired) electrons. The van der Waals surface area contributed by atoms with Crippen LogP contribution in [0.25, 0.3) is 0 Å². The van der Waals surface area contributed by atoms with Crippen LogP contribution in [0.5, 0.6) is 0 Å². The third kappa shape index (κ3) is 2.53. The monoisotopic (exact) mass is 229 g/mol. The maximum Gasteiger partial charge on any atom is 0.303 e. The molecule has 0 bridgehead atoms. The van der Waals surface area contributed by atoms with E-state index in [4.69, 9.17) is 14.6 Å². The number of carboxylic acids is 1. The molecule has 2 aliphatic rings. The van der Waals surface area contributed by atoms with Crippen LogP contribution < -0.4 is 5.32 Å². The molecule has 2 heterocycles. The van der Waals surface area contributed by atoms with Crippen molar-refractivity contribution >= 4 is 5.97 Å². The Kier molecular flexibility index (Phi) is 3.47. The largest absolute Gasteiger partial charge is 0.481 e. The van der Waals surface area contributed by atoms with Crippen molar-refractivity contribution < 1.29 is 19.4 Å². The Balaban J connectivity index is 1.83. The number of carboxylic acid groups (broad SMARTS) is 1. The van der Waals surface area contributed by atoms with Crippen molar-refractivity contribution in [3.63, 3.8) is 0 Å². The lowest BCUT2D eigenvalue weighted by Gasteiger charge is -2.29. The van der Waals surface area contributed by atoms with Gasteiger partial charge in [-0.15, -0.1) is 0 Å². The molecule has 3 unspecified atom stereocenters. The van der Waals surface area contributed by atoms with E-state index >= 15 is 0 Å². The first kappa shape index (κ1) is 11.8. The highest BCUT2D eigenvalue weighted by Crippen LogP contribution is 2.35. The number of carbonyl (C=O) groups is 1. The van der Waals surface area contributed by atoms with Crippen molar-refractivity contribution in [3.05, 3.63) is 0 Å². The molecule has 0 amide bonds. The molecule has 2 saturated heterocycles. The molecule has 0 spiro atoms. The lowest BCUT2D eigenvalue weighted by molar-refractivity contribution is -0.187. The summed E-state index contributed by atoms with van der Waals surface area (Å²) in [5.74, 6) is -0.922. The molecule has 3 atom stereocenters. The number of aliphatic carboxylic acids is 1. The molecule has 2 rings (SSSR count). The first-order valence-corrected chi connectivity index (χ1v) is 5.84. The number of rotatable bonds is 4. The van der Waals surface area contributed by atoms with Crippen molar-refractivity contribution in [2.24, 2.45) is 5.92 Å². The zero-order chi connectivity index (χ0) is 11.6. The van der Waals surface area contributed by atoms with Gasteiger partial charge in [0.25, 0.3) is 0 Å². The van der Waals surface area contributed by atoms with E-state index < -0.39 is 11.8 Å². The molecule has 0 aliphatic carbocycles. The van der Waals surface area contributed by atoms with Crippen LogP contribution in [0.15, 0.2) is 0 Å². The van der Waals surface area contributed by atoms with Crippen LogP contribution in [0.4, 0.5) is 0 Å². The van der Waals surface area contributed by atoms with Gasteiger partial charge in [-0.1, -0.05) is 0 Å². The fourth-order valence-corrected chi connectivity index (χ4v) is 2.40. The number of hydrogen-bond donors (Lipinski definition) is 2. The first-order valence-electron chi connectivity index (χ1n) is 5.84. The molecule has 0 aromatic heterocycles. The zero-order valence-electron chi connectivity index (χ0n) is 9.57. The van der Waals surface area contributed by atoms with Gasteiger partial charge in [0.05, 0.1) is 12.7 Å². The van der Waals surface area contributed by atoms with E-state index in [-0.39, 0.29) is 12.5 Å². The van der Waals surface area contributed by atoms with Crippen LogP contribution in [0.2, 0.25) is 0 Å². The fourth-order valence-electron chi connectivity index (χ4n) is 2.40. The van der Waals surface area contributed by atoms with Gasteiger partial charge in [0.2, 0.25) is 0 Å². The molecule has 16 heavy (non-hydrogen) atoms. The maximum atomic E-state index is 10.5. The average molecular weight is 229 g/mol. The van der Waals surface area contributed by atoms with E-state index in [1.165, 1.54) is 0 Å². The van der Waals surface area contributed by atoms with Gasteiger partial charge in [-0.25, -0.2) is 0 Å². The fraction of sp³-hybridized carbons (Fsp3) is 0.909. The number of ether oxygens (including phenoxy) is 2. The van der Waals surface area contributed by atoms with Gasteiger partial charge < -0.3 is 19.9 Å². The summed E-state index contributed by atoms with van der Waals surface area (Å²) in [6.45, 7) is 4.40. The molecule has 0 aromatic rings. The van der Waals surface area contributed by atoms with Crippen molar-refractivity contribution in [2.75, 3.05) is 19.7 Å². The highest BCUT2D eigenvalue weighted by atomic mass is 16.7. The molecule has 2 fully saturated rings. The third-order valence-electron chi connectivity index (χ3n) is 3.44. The zero-order valence-corrected chi connectivity index (χ0v) is 9.57. The van der Waals surface area contributed by atoms with Crippen molar-refractivity contribution in [3.8, 4) is 0 Å². The second kappa shape index (κ2) is 4.69. The van der Waals surface area contributed by atoms with Gasteiger partial charge in [-0.3, -0.25) is 4.79 Å². The Bertz CT molecular complexity index is 265.